The molecule has 1 nitrogen and oxygen atoms in total. The highest BCUT2D eigenvalue weighted by molar-refractivity contribution is 7.98. The van der Waals surface area contributed by atoms with Crippen molar-refractivity contribution in [3.63, 3.8) is 0 Å². The molecule has 2 aromatic rings. The summed E-state index contributed by atoms with van der Waals surface area (Å²) in [5.74, 6) is 1.20. The van der Waals surface area contributed by atoms with E-state index >= 15 is 0 Å². The van der Waals surface area contributed by atoms with Gasteiger partial charge in [-0.15, -0.1) is 11.8 Å². The Bertz CT molecular complexity index is 555. The normalized spacial score (nSPS) is 10.5. The molecule has 2 rings (SSSR count). The maximum absolute atomic E-state index is 11.8. The van der Waals surface area contributed by atoms with Crippen LogP contribution in [0.2, 0.25) is 0 Å². The summed E-state index contributed by atoms with van der Waals surface area (Å²) in [6, 6.07) is 16.6. The van der Waals surface area contributed by atoms with Crippen molar-refractivity contribution in [2.75, 3.05) is 0 Å². The zero-order chi connectivity index (χ0) is 14.4. The Labute approximate surface area is 125 Å². The first-order valence-electron chi connectivity index (χ1n) is 7.00. The summed E-state index contributed by atoms with van der Waals surface area (Å²) < 4.78 is 0. The molecule has 0 aliphatic carbocycles. The van der Waals surface area contributed by atoms with Crippen molar-refractivity contribution >= 4 is 17.5 Å². The first kappa shape index (κ1) is 14.9. The van der Waals surface area contributed by atoms with Gasteiger partial charge < -0.3 is 0 Å². The number of rotatable bonds is 6. The molecule has 0 heterocycles. The second-order valence-electron chi connectivity index (χ2n) is 4.97. The largest absolute Gasteiger partial charge is 0.294 e. The van der Waals surface area contributed by atoms with E-state index in [9.17, 15) is 4.79 Å². The molecule has 0 amide bonds. The molecule has 0 unspecified atom stereocenters. The molecule has 0 aliphatic heterocycles. The van der Waals surface area contributed by atoms with Gasteiger partial charge in [0.05, 0.1) is 0 Å². The Morgan fingerprint density at radius 2 is 1.65 bits per heavy atom. The van der Waals surface area contributed by atoms with Gasteiger partial charge in [-0.1, -0.05) is 48.9 Å². The molecular weight excluding hydrogens is 264 g/mol. The van der Waals surface area contributed by atoms with Crippen molar-refractivity contribution in [1.82, 2.24) is 0 Å². The van der Waals surface area contributed by atoms with Crippen molar-refractivity contribution < 1.29 is 4.79 Å². The van der Waals surface area contributed by atoms with Crippen molar-refractivity contribution in [3.8, 4) is 0 Å². The van der Waals surface area contributed by atoms with Crippen LogP contribution in [0.3, 0.4) is 0 Å². The first-order valence-corrected chi connectivity index (χ1v) is 7.99. The van der Waals surface area contributed by atoms with E-state index in [2.05, 4.69) is 31.2 Å². The monoisotopic (exact) mass is 284 g/mol. The van der Waals surface area contributed by atoms with Crippen LogP contribution < -0.4 is 0 Å². The van der Waals surface area contributed by atoms with E-state index in [0.717, 1.165) is 17.7 Å². The number of benzene rings is 2. The van der Waals surface area contributed by atoms with Gasteiger partial charge in [0.2, 0.25) is 0 Å². The number of Topliss-reactive ketones (excluding diaryl/α,β-unsaturated/α-hetero) is 1. The molecule has 0 fully saturated rings. The van der Waals surface area contributed by atoms with Crippen LogP contribution in [-0.2, 0) is 5.75 Å². The van der Waals surface area contributed by atoms with Crippen molar-refractivity contribution in [2.45, 2.75) is 37.3 Å². The molecule has 0 saturated carbocycles. The quantitative estimate of drug-likeness (QED) is 0.531. The topological polar surface area (TPSA) is 17.1 Å². The van der Waals surface area contributed by atoms with Crippen LogP contribution in [0.4, 0.5) is 0 Å². The molecular formula is C18H20OS. The van der Waals surface area contributed by atoms with Gasteiger partial charge in [0, 0.05) is 22.6 Å². The van der Waals surface area contributed by atoms with Gasteiger partial charge in [0.15, 0.2) is 5.78 Å². The fourth-order valence-electron chi connectivity index (χ4n) is 1.96. The van der Waals surface area contributed by atoms with Crippen molar-refractivity contribution in [1.29, 1.82) is 0 Å². The summed E-state index contributed by atoms with van der Waals surface area (Å²) in [5.41, 5.74) is 3.44. The van der Waals surface area contributed by atoms with Crippen LogP contribution >= 0.6 is 11.8 Å². The molecule has 104 valence electrons. The third-order valence-electron chi connectivity index (χ3n) is 3.18. The lowest BCUT2D eigenvalue weighted by atomic mass is 10.1. The fourth-order valence-corrected chi connectivity index (χ4v) is 2.81. The molecule has 0 radical (unpaired) electrons. The van der Waals surface area contributed by atoms with Crippen LogP contribution in [0.1, 0.15) is 41.3 Å². The van der Waals surface area contributed by atoms with Crippen LogP contribution in [-0.4, -0.2) is 5.78 Å². The zero-order valence-electron chi connectivity index (χ0n) is 12.1. The van der Waals surface area contributed by atoms with Crippen LogP contribution in [0.25, 0.3) is 0 Å². The lowest BCUT2D eigenvalue weighted by Crippen LogP contribution is -1.97. The summed E-state index contributed by atoms with van der Waals surface area (Å²) in [6.45, 7) is 4.13. The van der Waals surface area contributed by atoms with E-state index in [1.165, 1.54) is 16.0 Å². The van der Waals surface area contributed by atoms with E-state index in [0.29, 0.717) is 6.42 Å². The van der Waals surface area contributed by atoms with E-state index in [1.807, 2.05) is 31.2 Å². The summed E-state index contributed by atoms with van der Waals surface area (Å²) in [4.78, 5) is 13.0. The lowest BCUT2D eigenvalue weighted by Gasteiger charge is -2.04. The van der Waals surface area contributed by atoms with Crippen LogP contribution in [0.15, 0.2) is 53.4 Å². The van der Waals surface area contributed by atoms with Crippen molar-refractivity contribution in [3.05, 3.63) is 65.2 Å². The maximum Gasteiger partial charge on any atom is 0.162 e. The molecule has 20 heavy (non-hydrogen) atoms. The van der Waals surface area contributed by atoms with E-state index in [-0.39, 0.29) is 5.78 Å². The minimum Gasteiger partial charge on any atom is -0.294 e. The summed E-state index contributed by atoms with van der Waals surface area (Å²) >= 11 is 1.80. The van der Waals surface area contributed by atoms with E-state index in [1.54, 1.807) is 11.8 Å². The Morgan fingerprint density at radius 3 is 2.25 bits per heavy atom. The number of thioether (sulfide) groups is 1. The highest BCUT2D eigenvalue weighted by Crippen LogP contribution is 2.23. The highest BCUT2D eigenvalue weighted by Gasteiger charge is 2.04. The van der Waals surface area contributed by atoms with Crippen LogP contribution in [0.5, 0.6) is 0 Å². The molecule has 0 spiro atoms. The summed E-state index contributed by atoms with van der Waals surface area (Å²) in [6.07, 6.45) is 1.54. The number of carbonyl (C=O) groups is 1. The maximum atomic E-state index is 11.8. The number of hydrogen-bond donors (Lipinski definition) is 0. The zero-order valence-corrected chi connectivity index (χ0v) is 12.9. The van der Waals surface area contributed by atoms with Gasteiger partial charge in [-0.25, -0.2) is 0 Å². The Balaban J connectivity index is 1.93. The Morgan fingerprint density at radius 1 is 1.00 bits per heavy atom. The van der Waals surface area contributed by atoms with Gasteiger partial charge in [-0.3, -0.25) is 4.79 Å². The second kappa shape index (κ2) is 7.30. The van der Waals surface area contributed by atoms with Crippen LogP contribution in [0, 0.1) is 6.92 Å². The third kappa shape index (κ3) is 4.24. The van der Waals surface area contributed by atoms with E-state index in [4.69, 9.17) is 0 Å². The molecule has 0 saturated heterocycles. The predicted octanol–water partition coefficient (Wildman–Crippen LogP) is 5.27. The molecule has 0 aromatic heterocycles. The number of aryl methyl sites for hydroxylation is 1. The second-order valence-corrected chi connectivity index (χ2v) is 6.02. The standard InChI is InChI=1S/C18H20OS/c1-3-4-18(19)16-9-11-17(12-10-16)20-13-15-7-5-14(2)6-8-15/h5-12H,3-4,13H2,1-2H3. The number of ketones is 1. The molecule has 2 heteroatoms. The van der Waals surface area contributed by atoms with Gasteiger partial charge >= 0.3 is 0 Å². The Kier molecular flexibility index (Phi) is 5.42. The first-order chi connectivity index (χ1) is 9.69. The minimum atomic E-state index is 0.239. The SMILES string of the molecule is CCCC(=O)c1ccc(SCc2ccc(C)cc2)cc1. The lowest BCUT2D eigenvalue weighted by molar-refractivity contribution is 0.0981. The fraction of sp³-hybridized carbons (Fsp3) is 0.278. The average Bonchev–Trinajstić information content (AvgIpc) is 2.47. The van der Waals surface area contributed by atoms with Gasteiger partial charge in [-0.2, -0.15) is 0 Å². The summed E-state index contributed by atoms with van der Waals surface area (Å²) in [5, 5.41) is 0. The molecule has 0 N–H and O–H groups in total. The summed E-state index contributed by atoms with van der Waals surface area (Å²) in [7, 11) is 0. The van der Waals surface area contributed by atoms with E-state index < -0.39 is 0 Å². The predicted molar refractivity (Wildman–Crippen MR) is 86.4 cm³/mol. The highest BCUT2D eigenvalue weighted by atomic mass is 32.2. The Hall–Kier alpha value is -1.54. The van der Waals surface area contributed by atoms with Gasteiger partial charge in [0.1, 0.15) is 0 Å². The minimum absolute atomic E-state index is 0.239. The third-order valence-corrected chi connectivity index (χ3v) is 4.26. The average molecular weight is 284 g/mol. The molecule has 2 aromatic carbocycles. The molecule has 0 bridgehead atoms. The smallest absolute Gasteiger partial charge is 0.162 e. The number of hydrogen-bond acceptors (Lipinski definition) is 2. The molecule has 0 aliphatic rings. The molecule has 0 atom stereocenters. The van der Waals surface area contributed by atoms with Gasteiger partial charge in [0.25, 0.3) is 0 Å². The van der Waals surface area contributed by atoms with Crippen molar-refractivity contribution in [2.24, 2.45) is 0 Å². The number of carbonyl (C=O) groups excluding carboxylic acids is 1. The van der Waals surface area contributed by atoms with Gasteiger partial charge in [-0.05, 0) is 31.0 Å².